The molecule has 1 atom stereocenters. The quantitative estimate of drug-likeness (QED) is 0.332. The third-order valence-corrected chi connectivity index (χ3v) is 6.40. The minimum atomic E-state index is -1.01. The average molecular weight is 487 g/mol. The van der Waals surface area contributed by atoms with E-state index in [-0.39, 0.29) is 17.2 Å². The van der Waals surface area contributed by atoms with Crippen molar-refractivity contribution < 1.29 is 9.90 Å². The molecule has 176 valence electrons. The second-order valence-electron chi connectivity index (χ2n) is 8.68. The van der Waals surface area contributed by atoms with E-state index in [1.807, 2.05) is 61.1 Å². The molecule has 2 aromatic heterocycles. The number of carboxylic acid groups (broad SMARTS) is 1. The summed E-state index contributed by atoms with van der Waals surface area (Å²) in [6.07, 6.45) is 3.81. The van der Waals surface area contributed by atoms with E-state index in [1.54, 1.807) is 31.3 Å². The van der Waals surface area contributed by atoms with Crippen LogP contribution in [0.3, 0.4) is 0 Å². The number of aryl methyl sites for hydroxylation is 1. The number of carbonyl (C=O) groups is 1. The van der Waals surface area contributed by atoms with Gasteiger partial charge in [-0.25, -0.2) is 9.78 Å². The highest BCUT2D eigenvalue weighted by atomic mass is 35.5. The molecule has 5 rings (SSSR count). The predicted molar refractivity (Wildman–Crippen MR) is 139 cm³/mol. The van der Waals surface area contributed by atoms with Crippen molar-refractivity contribution in [2.24, 2.45) is 7.05 Å². The van der Waals surface area contributed by atoms with Gasteiger partial charge in [-0.1, -0.05) is 35.9 Å². The molecular formula is C27H23ClN4O3. The van der Waals surface area contributed by atoms with E-state index >= 15 is 0 Å². The van der Waals surface area contributed by atoms with Crippen molar-refractivity contribution in [2.45, 2.75) is 19.9 Å². The fourth-order valence-electron chi connectivity index (χ4n) is 4.44. The Balaban J connectivity index is 1.68. The minimum absolute atomic E-state index is 0.163. The maximum Gasteiger partial charge on any atom is 0.337 e. The molecule has 2 heterocycles. The lowest BCUT2D eigenvalue weighted by Gasteiger charge is -2.20. The zero-order valence-electron chi connectivity index (χ0n) is 19.4. The lowest BCUT2D eigenvalue weighted by Crippen LogP contribution is -2.24. The Morgan fingerprint density at radius 2 is 1.83 bits per heavy atom. The molecule has 8 heteroatoms. The first-order valence-corrected chi connectivity index (χ1v) is 11.5. The van der Waals surface area contributed by atoms with Crippen LogP contribution in [0.4, 0.5) is 5.69 Å². The van der Waals surface area contributed by atoms with Gasteiger partial charge in [0.25, 0.3) is 5.56 Å². The Morgan fingerprint density at radius 1 is 1.09 bits per heavy atom. The lowest BCUT2D eigenvalue weighted by atomic mass is 10.0. The number of benzene rings is 3. The van der Waals surface area contributed by atoms with Crippen molar-refractivity contribution in [1.29, 1.82) is 0 Å². The topological polar surface area (TPSA) is 89.2 Å². The number of hydrogen-bond acceptors (Lipinski definition) is 4. The Morgan fingerprint density at radius 3 is 2.60 bits per heavy atom. The van der Waals surface area contributed by atoms with Gasteiger partial charge in [-0.15, -0.1) is 0 Å². The van der Waals surface area contributed by atoms with Crippen LogP contribution in [0.25, 0.3) is 27.6 Å². The summed E-state index contributed by atoms with van der Waals surface area (Å²) in [4.78, 5) is 30.0. The number of carboxylic acids is 1. The number of nitrogens with zero attached hydrogens (tertiary/aromatic N) is 3. The first-order valence-electron chi connectivity index (χ1n) is 11.1. The number of rotatable bonds is 5. The van der Waals surface area contributed by atoms with Crippen LogP contribution < -0.4 is 10.9 Å². The summed E-state index contributed by atoms with van der Waals surface area (Å²) in [5, 5.41) is 15.9. The second kappa shape index (κ2) is 8.60. The molecule has 7 nitrogen and oxygen atoms in total. The molecule has 5 aromatic rings. The van der Waals surface area contributed by atoms with Gasteiger partial charge in [0.1, 0.15) is 0 Å². The van der Waals surface area contributed by atoms with E-state index in [0.29, 0.717) is 27.6 Å². The summed E-state index contributed by atoms with van der Waals surface area (Å²) in [6, 6.07) is 15.9. The highest BCUT2D eigenvalue weighted by Gasteiger charge is 2.19. The summed E-state index contributed by atoms with van der Waals surface area (Å²) in [7, 11) is 1.70. The van der Waals surface area contributed by atoms with Gasteiger partial charge in [-0.05, 0) is 55.1 Å². The van der Waals surface area contributed by atoms with Gasteiger partial charge in [-0.2, -0.15) is 0 Å². The van der Waals surface area contributed by atoms with Crippen LogP contribution in [0.1, 0.15) is 34.5 Å². The van der Waals surface area contributed by atoms with Crippen molar-refractivity contribution in [2.75, 3.05) is 5.32 Å². The molecule has 2 N–H and O–H groups in total. The number of aromatic nitrogens is 3. The van der Waals surface area contributed by atoms with Crippen LogP contribution in [-0.4, -0.2) is 25.2 Å². The molecule has 0 bridgehead atoms. The van der Waals surface area contributed by atoms with Crippen molar-refractivity contribution in [3.05, 3.63) is 99.1 Å². The maximum atomic E-state index is 13.4. The van der Waals surface area contributed by atoms with E-state index in [2.05, 4.69) is 5.32 Å². The Hall–Kier alpha value is -4.10. The van der Waals surface area contributed by atoms with Gasteiger partial charge < -0.3 is 10.4 Å². The molecule has 0 aliphatic heterocycles. The van der Waals surface area contributed by atoms with Gasteiger partial charge >= 0.3 is 5.97 Å². The van der Waals surface area contributed by atoms with Crippen LogP contribution in [-0.2, 0) is 7.05 Å². The predicted octanol–water partition coefficient (Wildman–Crippen LogP) is 5.71. The van der Waals surface area contributed by atoms with Gasteiger partial charge in [0.2, 0.25) is 5.95 Å². The minimum Gasteiger partial charge on any atom is -0.478 e. The molecule has 1 unspecified atom stereocenters. The van der Waals surface area contributed by atoms with Crippen LogP contribution in [0, 0.1) is 6.92 Å². The standard InChI is InChI=1S/C27H23ClN4O3/c1-15-10-21(16(2)29-23-7-5-4-6-20(23)26(34)35)24-22(11-15)25(33)31(3)27(30-24)32-13-17-8-9-19(28)12-18(17)14-32/h4-14,16,29H,1-3H3,(H,34,35). The summed E-state index contributed by atoms with van der Waals surface area (Å²) in [5.41, 5.74) is 2.80. The molecular weight excluding hydrogens is 464 g/mol. The average Bonchev–Trinajstić information content (AvgIpc) is 3.24. The highest BCUT2D eigenvalue weighted by Crippen LogP contribution is 2.29. The molecule has 0 amide bonds. The van der Waals surface area contributed by atoms with E-state index in [1.165, 1.54) is 4.57 Å². The van der Waals surface area contributed by atoms with Gasteiger partial charge in [0.15, 0.2) is 0 Å². The zero-order chi connectivity index (χ0) is 24.9. The monoisotopic (exact) mass is 486 g/mol. The number of anilines is 1. The van der Waals surface area contributed by atoms with Crippen LogP contribution in [0.5, 0.6) is 0 Å². The third kappa shape index (κ3) is 4.04. The smallest absolute Gasteiger partial charge is 0.337 e. The Labute approximate surface area is 206 Å². The third-order valence-electron chi connectivity index (χ3n) is 6.16. The van der Waals surface area contributed by atoms with Crippen LogP contribution in [0.15, 0.2) is 71.8 Å². The van der Waals surface area contributed by atoms with Crippen molar-refractivity contribution in [3.8, 4) is 5.95 Å². The summed E-state index contributed by atoms with van der Waals surface area (Å²) < 4.78 is 3.35. The van der Waals surface area contributed by atoms with Crippen molar-refractivity contribution in [1.82, 2.24) is 14.1 Å². The van der Waals surface area contributed by atoms with Crippen LogP contribution >= 0.6 is 11.6 Å². The van der Waals surface area contributed by atoms with Crippen molar-refractivity contribution >= 4 is 44.9 Å². The molecule has 0 aliphatic carbocycles. The summed E-state index contributed by atoms with van der Waals surface area (Å²) >= 11 is 6.15. The second-order valence-corrected chi connectivity index (χ2v) is 9.12. The molecule has 35 heavy (non-hydrogen) atoms. The zero-order valence-corrected chi connectivity index (χ0v) is 20.2. The highest BCUT2D eigenvalue weighted by molar-refractivity contribution is 6.31. The first kappa shape index (κ1) is 22.7. The number of fused-ring (bicyclic) bond motifs is 2. The van der Waals surface area contributed by atoms with E-state index in [0.717, 1.165) is 21.9 Å². The largest absolute Gasteiger partial charge is 0.478 e. The van der Waals surface area contributed by atoms with E-state index in [4.69, 9.17) is 16.6 Å². The van der Waals surface area contributed by atoms with E-state index in [9.17, 15) is 14.7 Å². The number of nitrogens with one attached hydrogen (secondary N) is 1. The fraction of sp³-hybridized carbons (Fsp3) is 0.148. The molecule has 3 aromatic carbocycles. The molecule has 0 radical (unpaired) electrons. The number of hydrogen-bond donors (Lipinski definition) is 2. The number of aromatic carboxylic acids is 1. The fourth-order valence-corrected chi connectivity index (χ4v) is 4.62. The lowest BCUT2D eigenvalue weighted by molar-refractivity contribution is 0.0698. The van der Waals surface area contributed by atoms with Gasteiger partial charge in [-0.3, -0.25) is 13.9 Å². The van der Waals surface area contributed by atoms with E-state index < -0.39 is 5.97 Å². The molecule has 0 saturated heterocycles. The summed E-state index contributed by atoms with van der Waals surface area (Å²) in [5.74, 6) is -0.540. The Kier molecular flexibility index (Phi) is 5.57. The molecule has 0 spiro atoms. The van der Waals surface area contributed by atoms with Crippen molar-refractivity contribution in [3.63, 3.8) is 0 Å². The number of para-hydroxylation sites is 1. The van der Waals surface area contributed by atoms with Gasteiger partial charge in [0.05, 0.1) is 22.5 Å². The number of halogens is 1. The van der Waals surface area contributed by atoms with Crippen LogP contribution in [0.2, 0.25) is 5.02 Å². The van der Waals surface area contributed by atoms with Gasteiger partial charge in [0, 0.05) is 41.1 Å². The Bertz CT molecular complexity index is 1690. The SMILES string of the molecule is Cc1cc(C(C)Nc2ccccc2C(=O)O)c2nc(-n3cc4ccc(Cl)cc4c3)n(C)c(=O)c2c1. The molecule has 0 fully saturated rings. The first-order chi connectivity index (χ1) is 16.7. The molecule has 0 saturated carbocycles. The summed E-state index contributed by atoms with van der Waals surface area (Å²) in [6.45, 7) is 3.86. The molecule has 0 aliphatic rings. The maximum absolute atomic E-state index is 13.4. The normalized spacial score (nSPS) is 12.2.